The van der Waals surface area contributed by atoms with Crippen LogP contribution in [0.15, 0.2) is 28.8 Å². The van der Waals surface area contributed by atoms with Gasteiger partial charge >= 0.3 is 0 Å². The van der Waals surface area contributed by atoms with E-state index in [0.29, 0.717) is 15.7 Å². The molecule has 0 aliphatic heterocycles. The Morgan fingerprint density at radius 2 is 2.43 bits per heavy atom. The molecular formula is C7H4N6S. The minimum Gasteiger partial charge on any atom is -0.254 e. The fourth-order valence-corrected chi connectivity index (χ4v) is 1.47. The average molecular weight is 204 g/mol. The highest BCUT2D eigenvalue weighted by Gasteiger charge is 2.02. The number of nitriles is 1. The number of nitrogens with zero attached hydrogens (tertiary/aromatic N) is 5. The molecule has 0 aromatic carbocycles. The fourth-order valence-electron chi connectivity index (χ4n) is 0.801. The molecule has 0 atom stereocenters. The van der Waals surface area contributed by atoms with Gasteiger partial charge in [-0.1, -0.05) is 0 Å². The Hall–Kier alpha value is -1.94. The molecule has 0 saturated heterocycles. The first-order valence-electron chi connectivity index (χ1n) is 3.64. The molecule has 0 fully saturated rings. The topological polar surface area (TPSA) is 91.1 Å². The van der Waals surface area contributed by atoms with E-state index in [-0.39, 0.29) is 0 Å². The summed E-state index contributed by atoms with van der Waals surface area (Å²) in [6, 6.07) is 3.62. The van der Waals surface area contributed by atoms with Gasteiger partial charge in [-0.3, -0.25) is 5.10 Å². The lowest BCUT2D eigenvalue weighted by atomic mass is 10.3. The predicted octanol–water partition coefficient (Wildman–Crippen LogP) is 0.618. The van der Waals surface area contributed by atoms with E-state index in [2.05, 4.69) is 25.4 Å². The highest BCUT2D eigenvalue weighted by Crippen LogP contribution is 2.21. The van der Waals surface area contributed by atoms with Crippen LogP contribution in [0.3, 0.4) is 0 Å². The number of nitrogens with one attached hydrogen (secondary N) is 1. The molecular weight excluding hydrogens is 200 g/mol. The Morgan fingerprint density at radius 3 is 3.14 bits per heavy atom. The lowest BCUT2D eigenvalue weighted by molar-refractivity contribution is 0.911. The highest BCUT2D eigenvalue weighted by atomic mass is 32.2. The molecule has 0 aliphatic rings. The Balaban J connectivity index is 2.22. The van der Waals surface area contributed by atoms with Crippen LogP contribution in [0.2, 0.25) is 0 Å². The maximum Gasteiger partial charge on any atom is 0.189 e. The van der Waals surface area contributed by atoms with E-state index >= 15 is 0 Å². The predicted molar refractivity (Wildman–Crippen MR) is 47.3 cm³/mol. The van der Waals surface area contributed by atoms with Gasteiger partial charge in [0.2, 0.25) is 0 Å². The van der Waals surface area contributed by atoms with Gasteiger partial charge in [0.25, 0.3) is 0 Å². The molecule has 2 rings (SSSR count). The number of aromatic nitrogens is 5. The van der Waals surface area contributed by atoms with E-state index < -0.39 is 0 Å². The maximum absolute atomic E-state index is 8.63. The quantitative estimate of drug-likeness (QED) is 0.770. The summed E-state index contributed by atoms with van der Waals surface area (Å²) < 4.78 is 0. The molecule has 0 unspecified atom stereocenters. The Morgan fingerprint density at radius 1 is 1.50 bits per heavy atom. The zero-order chi connectivity index (χ0) is 9.80. The highest BCUT2D eigenvalue weighted by molar-refractivity contribution is 7.99. The average Bonchev–Trinajstić information content (AvgIpc) is 2.71. The van der Waals surface area contributed by atoms with Crippen LogP contribution in [-0.2, 0) is 0 Å². The summed E-state index contributed by atoms with van der Waals surface area (Å²) in [7, 11) is 0. The smallest absolute Gasteiger partial charge is 0.189 e. The van der Waals surface area contributed by atoms with Gasteiger partial charge in [-0.2, -0.15) is 15.5 Å². The van der Waals surface area contributed by atoms with Crippen molar-refractivity contribution in [3.8, 4) is 6.07 Å². The molecule has 6 nitrogen and oxygen atoms in total. The van der Waals surface area contributed by atoms with Gasteiger partial charge in [-0.05, 0) is 17.8 Å². The summed E-state index contributed by atoms with van der Waals surface area (Å²) in [6.07, 6.45) is 2.81. The molecule has 68 valence electrons. The van der Waals surface area contributed by atoms with Gasteiger partial charge in [0.15, 0.2) is 5.16 Å². The third-order valence-electron chi connectivity index (χ3n) is 1.36. The summed E-state index contributed by atoms with van der Waals surface area (Å²) in [5.41, 5.74) is 0.474. The molecule has 0 saturated carbocycles. The number of aromatic amines is 1. The lowest BCUT2D eigenvalue weighted by Gasteiger charge is -1.94. The third-order valence-corrected chi connectivity index (χ3v) is 2.15. The molecule has 0 bridgehead atoms. The molecule has 0 aliphatic carbocycles. The molecule has 0 radical (unpaired) electrons. The van der Waals surface area contributed by atoms with Crippen LogP contribution >= 0.6 is 11.8 Å². The van der Waals surface area contributed by atoms with Crippen LogP contribution in [0, 0.1) is 11.3 Å². The lowest BCUT2D eigenvalue weighted by Crippen LogP contribution is -1.87. The van der Waals surface area contributed by atoms with Crippen molar-refractivity contribution in [3.63, 3.8) is 0 Å². The molecule has 2 aromatic heterocycles. The van der Waals surface area contributed by atoms with Crippen LogP contribution in [0.4, 0.5) is 0 Å². The van der Waals surface area contributed by atoms with E-state index in [1.807, 2.05) is 6.07 Å². The number of rotatable bonds is 2. The second-order valence-corrected chi connectivity index (χ2v) is 3.30. The maximum atomic E-state index is 8.63. The van der Waals surface area contributed by atoms with Crippen molar-refractivity contribution in [1.29, 1.82) is 5.26 Å². The third kappa shape index (κ3) is 1.86. The van der Waals surface area contributed by atoms with Crippen LogP contribution in [0.5, 0.6) is 0 Å². The van der Waals surface area contributed by atoms with Crippen molar-refractivity contribution in [3.05, 3.63) is 24.2 Å². The second kappa shape index (κ2) is 3.85. The summed E-state index contributed by atoms with van der Waals surface area (Å²) in [6.45, 7) is 0. The Kier molecular flexibility index (Phi) is 2.38. The van der Waals surface area contributed by atoms with Crippen molar-refractivity contribution in [2.24, 2.45) is 0 Å². The first-order chi connectivity index (χ1) is 6.88. The zero-order valence-corrected chi connectivity index (χ0v) is 7.69. The van der Waals surface area contributed by atoms with Crippen molar-refractivity contribution < 1.29 is 0 Å². The molecule has 14 heavy (non-hydrogen) atoms. The molecule has 2 aromatic rings. The minimum atomic E-state index is 0.474. The normalized spacial score (nSPS) is 9.64. The van der Waals surface area contributed by atoms with Crippen molar-refractivity contribution in [2.45, 2.75) is 10.2 Å². The Bertz CT molecular complexity index is 459. The SMILES string of the molecule is N#Cc1cnnc(Sc2ncn[nH]2)c1. The van der Waals surface area contributed by atoms with Gasteiger partial charge in [0.05, 0.1) is 11.8 Å². The van der Waals surface area contributed by atoms with E-state index in [1.165, 1.54) is 24.3 Å². The monoisotopic (exact) mass is 204 g/mol. The summed E-state index contributed by atoms with van der Waals surface area (Å²) >= 11 is 1.27. The molecule has 1 N–H and O–H groups in total. The van der Waals surface area contributed by atoms with Gasteiger partial charge in [-0.15, -0.1) is 5.10 Å². The number of hydrogen-bond acceptors (Lipinski definition) is 6. The Labute approximate surface area is 83.4 Å². The standard InChI is InChI=1S/C7H4N6S/c8-2-5-1-6(12-10-3-5)14-7-9-4-11-13-7/h1,3-4H,(H,9,11,13). The van der Waals surface area contributed by atoms with Crippen molar-refractivity contribution in [2.75, 3.05) is 0 Å². The summed E-state index contributed by atoms with van der Waals surface area (Å²) in [5.74, 6) is 0. The summed E-state index contributed by atoms with van der Waals surface area (Å²) in [5, 5.41) is 23.7. The van der Waals surface area contributed by atoms with Crippen molar-refractivity contribution >= 4 is 11.8 Å². The minimum absolute atomic E-state index is 0.474. The van der Waals surface area contributed by atoms with E-state index in [9.17, 15) is 0 Å². The van der Waals surface area contributed by atoms with Gasteiger partial charge in [0.1, 0.15) is 17.4 Å². The first-order valence-corrected chi connectivity index (χ1v) is 4.46. The zero-order valence-electron chi connectivity index (χ0n) is 6.88. The van der Waals surface area contributed by atoms with Crippen LogP contribution in [0.25, 0.3) is 0 Å². The first kappa shape index (κ1) is 8.65. The molecule has 2 heterocycles. The van der Waals surface area contributed by atoms with Crippen LogP contribution < -0.4 is 0 Å². The number of hydrogen-bond donors (Lipinski definition) is 1. The fraction of sp³-hybridized carbons (Fsp3) is 0. The van der Waals surface area contributed by atoms with Gasteiger partial charge < -0.3 is 0 Å². The van der Waals surface area contributed by atoms with Gasteiger partial charge in [-0.25, -0.2) is 4.98 Å². The van der Waals surface area contributed by atoms with E-state index in [0.717, 1.165) is 0 Å². The van der Waals surface area contributed by atoms with Crippen LogP contribution in [0.1, 0.15) is 5.56 Å². The molecule has 0 spiro atoms. The number of H-pyrrole nitrogens is 1. The largest absolute Gasteiger partial charge is 0.254 e. The second-order valence-electron chi connectivity index (χ2n) is 2.29. The summed E-state index contributed by atoms with van der Waals surface area (Å²) in [4.78, 5) is 3.91. The van der Waals surface area contributed by atoms with Crippen molar-refractivity contribution in [1.82, 2.24) is 25.4 Å². The van der Waals surface area contributed by atoms with Crippen LogP contribution in [-0.4, -0.2) is 25.4 Å². The van der Waals surface area contributed by atoms with E-state index in [1.54, 1.807) is 6.07 Å². The molecule has 0 amide bonds. The van der Waals surface area contributed by atoms with E-state index in [4.69, 9.17) is 5.26 Å². The molecule has 7 heteroatoms. The van der Waals surface area contributed by atoms with Gasteiger partial charge in [0, 0.05) is 0 Å².